The van der Waals surface area contributed by atoms with Crippen LogP contribution in [0.25, 0.3) is 6.08 Å². The summed E-state index contributed by atoms with van der Waals surface area (Å²) in [4.78, 5) is 14.8. The molecule has 1 saturated heterocycles. The molecule has 28 heavy (non-hydrogen) atoms. The van der Waals surface area contributed by atoms with Crippen LogP contribution in [0.3, 0.4) is 0 Å². The second-order valence-corrected chi connectivity index (χ2v) is 7.91. The zero-order chi connectivity index (χ0) is 19.2. The van der Waals surface area contributed by atoms with Crippen LogP contribution in [0.4, 0.5) is 0 Å². The third-order valence-corrected chi connectivity index (χ3v) is 5.76. The molecule has 1 aliphatic carbocycles. The average molecular weight is 380 g/mol. The molecular weight excluding hydrogens is 350 g/mol. The van der Waals surface area contributed by atoms with Crippen LogP contribution in [0.5, 0.6) is 0 Å². The van der Waals surface area contributed by atoms with Crippen LogP contribution in [0.2, 0.25) is 0 Å². The Morgan fingerprint density at radius 3 is 2.79 bits per heavy atom. The number of hydrogen-bond donors (Lipinski definition) is 1. The van der Waals surface area contributed by atoms with E-state index in [0.717, 1.165) is 45.3 Å². The molecule has 0 spiro atoms. The molecule has 0 radical (unpaired) electrons. The quantitative estimate of drug-likeness (QED) is 0.836. The lowest BCUT2D eigenvalue weighted by Crippen LogP contribution is -2.37. The highest BCUT2D eigenvalue weighted by molar-refractivity contribution is 5.92. The molecule has 6 nitrogen and oxygen atoms in total. The van der Waals surface area contributed by atoms with Crippen molar-refractivity contribution in [3.05, 3.63) is 53.9 Å². The highest BCUT2D eigenvalue weighted by Gasteiger charge is 2.24. The second-order valence-electron chi connectivity index (χ2n) is 7.91. The van der Waals surface area contributed by atoms with Crippen LogP contribution in [0, 0.1) is 0 Å². The molecule has 2 heterocycles. The fourth-order valence-corrected chi connectivity index (χ4v) is 4.20. The number of piperidine rings is 1. The first-order chi connectivity index (χ1) is 13.8. The fourth-order valence-electron chi connectivity index (χ4n) is 4.20. The molecule has 4 rings (SSSR count). The largest absolute Gasteiger partial charge is 0.348 e. The summed E-state index contributed by atoms with van der Waals surface area (Å²) in [5.74, 6) is -0.0865. The third-order valence-electron chi connectivity index (χ3n) is 5.76. The summed E-state index contributed by atoms with van der Waals surface area (Å²) in [6.07, 6.45) is 13.0. The van der Waals surface area contributed by atoms with E-state index in [9.17, 15) is 4.79 Å². The molecule has 1 atom stereocenters. The van der Waals surface area contributed by atoms with Gasteiger partial charge in [0, 0.05) is 19.1 Å². The predicted molar refractivity (Wildman–Crippen MR) is 110 cm³/mol. The summed E-state index contributed by atoms with van der Waals surface area (Å²) >= 11 is 0. The number of hydrogen-bond acceptors (Lipinski definition) is 4. The van der Waals surface area contributed by atoms with Gasteiger partial charge in [-0.2, -0.15) is 0 Å². The van der Waals surface area contributed by atoms with Gasteiger partial charge in [-0.1, -0.05) is 60.5 Å². The van der Waals surface area contributed by atoms with E-state index in [0.29, 0.717) is 11.7 Å². The molecular formula is C22H29N5O. The molecule has 1 saturated carbocycles. The van der Waals surface area contributed by atoms with E-state index in [1.807, 2.05) is 16.9 Å². The maximum atomic E-state index is 12.4. The maximum absolute atomic E-state index is 12.4. The first-order valence-electron chi connectivity index (χ1n) is 10.4. The first kappa shape index (κ1) is 18.9. The number of aromatic nitrogens is 3. The van der Waals surface area contributed by atoms with Gasteiger partial charge < -0.3 is 5.32 Å². The van der Waals surface area contributed by atoms with Gasteiger partial charge in [0.1, 0.15) is 0 Å². The van der Waals surface area contributed by atoms with Crippen LogP contribution < -0.4 is 5.32 Å². The van der Waals surface area contributed by atoms with Crippen molar-refractivity contribution in [3.8, 4) is 0 Å². The van der Waals surface area contributed by atoms with E-state index in [-0.39, 0.29) is 11.9 Å². The summed E-state index contributed by atoms with van der Waals surface area (Å²) in [5.41, 5.74) is 1.67. The molecule has 6 heteroatoms. The van der Waals surface area contributed by atoms with Crippen molar-refractivity contribution in [1.82, 2.24) is 25.2 Å². The molecule has 1 amide bonds. The zero-order valence-corrected chi connectivity index (χ0v) is 16.3. The Labute approximate surface area is 166 Å². The normalized spacial score (nSPS) is 21.4. The zero-order valence-electron chi connectivity index (χ0n) is 16.3. The monoisotopic (exact) mass is 379 g/mol. The Balaban J connectivity index is 1.31. The third kappa shape index (κ3) is 4.87. The van der Waals surface area contributed by atoms with Crippen LogP contribution >= 0.6 is 0 Å². The van der Waals surface area contributed by atoms with Gasteiger partial charge >= 0.3 is 0 Å². The first-order valence-corrected chi connectivity index (χ1v) is 10.4. The molecule has 1 aromatic carbocycles. The number of amides is 1. The second kappa shape index (κ2) is 9.15. The Bertz CT molecular complexity index is 794. The van der Waals surface area contributed by atoms with E-state index in [1.165, 1.54) is 18.4 Å². The van der Waals surface area contributed by atoms with Crippen molar-refractivity contribution >= 4 is 12.0 Å². The lowest BCUT2D eigenvalue weighted by Gasteiger charge is -2.31. The van der Waals surface area contributed by atoms with Crippen LogP contribution in [0.15, 0.2) is 42.6 Å². The summed E-state index contributed by atoms with van der Waals surface area (Å²) in [5, 5.41) is 11.5. The van der Waals surface area contributed by atoms with Gasteiger partial charge in [0.15, 0.2) is 5.69 Å². The van der Waals surface area contributed by atoms with Crippen LogP contribution in [0.1, 0.15) is 60.6 Å². The Morgan fingerprint density at radius 2 is 1.96 bits per heavy atom. The summed E-state index contributed by atoms with van der Waals surface area (Å²) < 4.78 is 1.89. The topological polar surface area (TPSA) is 63.1 Å². The summed E-state index contributed by atoms with van der Waals surface area (Å²) in [6.45, 7) is 2.96. The minimum Gasteiger partial charge on any atom is -0.348 e. The number of carbonyl (C=O) groups is 1. The molecule has 1 N–H and O–H groups in total. The summed E-state index contributed by atoms with van der Waals surface area (Å²) in [7, 11) is 0. The number of rotatable bonds is 6. The van der Waals surface area contributed by atoms with E-state index >= 15 is 0 Å². The number of benzene rings is 1. The maximum Gasteiger partial charge on any atom is 0.273 e. The van der Waals surface area contributed by atoms with Crippen molar-refractivity contribution < 1.29 is 4.79 Å². The highest BCUT2D eigenvalue weighted by atomic mass is 16.2. The van der Waals surface area contributed by atoms with E-state index in [2.05, 4.69) is 56.9 Å². The van der Waals surface area contributed by atoms with Crippen molar-refractivity contribution in [2.45, 2.75) is 50.6 Å². The molecule has 2 fully saturated rings. The van der Waals surface area contributed by atoms with Crippen molar-refractivity contribution in [1.29, 1.82) is 0 Å². The molecule has 2 aliphatic rings. The van der Waals surface area contributed by atoms with Gasteiger partial charge in [-0.25, -0.2) is 4.68 Å². The lowest BCUT2D eigenvalue weighted by molar-refractivity contribution is 0.0932. The van der Waals surface area contributed by atoms with Crippen LogP contribution in [-0.2, 0) is 0 Å². The molecule has 0 bridgehead atoms. The Morgan fingerprint density at radius 1 is 1.14 bits per heavy atom. The fraction of sp³-hybridized carbons (Fsp3) is 0.500. The van der Waals surface area contributed by atoms with Gasteiger partial charge in [0.25, 0.3) is 5.91 Å². The molecule has 1 aliphatic heterocycles. The molecule has 1 aromatic heterocycles. The minimum absolute atomic E-state index is 0.0865. The van der Waals surface area contributed by atoms with Gasteiger partial charge in [0.2, 0.25) is 0 Å². The number of nitrogens with one attached hydrogen (secondary N) is 1. The highest BCUT2D eigenvalue weighted by Crippen LogP contribution is 2.21. The number of carbonyl (C=O) groups excluding carboxylic acids is 1. The Hall–Kier alpha value is -2.47. The van der Waals surface area contributed by atoms with Gasteiger partial charge in [-0.15, -0.1) is 5.10 Å². The SMILES string of the molecule is O=C(NC1CCCC1)c1cn(C2CCCN(C/C=C/c3ccccc3)C2)nn1. The van der Waals surface area contributed by atoms with Crippen molar-refractivity contribution in [3.63, 3.8) is 0 Å². The predicted octanol–water partition coefficient (Wildman–Crippen LogP) is 3.30. The lowest BCUT2D eigenvalue weighted by atomic mass is 10.1. The van der Waals surface area contributed by atoms with Gasteiger partial charge in [-0.3, -0.25) is 9.69 Å². The number of nitrogens with zero attached hydrogens (tertiary/aromatic N) is 4. The van der Waals surface area contributed by atoms with E-state index in [4.69, 9.17) is 0 Å². The molecule has 1 unspecified atom stereocenters. The average Bonchev–Trinajstić information content (AvgIpc) is 3.41. The van der Waals surface area contributed by atoms with Crippen molar-refractivity contribution in [2.75, 3.05) is 19.6 Å². The van der Waals surface area contributed by atoms with Crippen molar-refractivity contribution in [2.24, 2.45) is 0 Å². The summed E-state index contributed by atoms with van der Waals surface area (Å²) in [6, 6.07) is 11.0. The minimum atomic E-state index is -0.0865. The Kier molecular flexibility index (Phi) is 6.17. The van der Waals surface area contributed by atoms with Gasteiger partial charge in [0.05, 0.1) is 12.2 Å². The molecule has 2 aromatic rings. The van der Waals surface area contributed by atoms with Gasteiger partial charge in [-0.05, 0) is 37.8 Å². The smallest absolute Gasteiger partial charge is 0.273 e. The van der Waals surface area contributed by atoms with E-state index in [1.54, 1.807) is 0 Å². The van der Waals surface area contributed by atoms with Crippen LogP contribution in [-0.4, -0.2) is 51.5 Å². The molecule has 148 valence electrons. The standard InChI is InChI=1S/C22H29N5O/c28-22(23-19-11-4-5-12-19)21-17-27(25-24-21)20-13-7-15-26(16-20)14-6-10-18-8-2-1-3-9-18/h1-3,6,8-10,17,19-20H,4-5,7,11-16H2,(H,23,28)/b10-6+. The van der Waals surface area contributed by atoms with E-state index < -0.39 is 0 Å². The number of likely N-dealkylation sites (tertiary alicyclic amines) is 1.